The molecule has 0 aliphatic carbocycles. The first-order chi connectivity index (χ1) is 6.79. The fourth-order valence-electron chi connectivity index (χ4n) is 1.25. The first-order valence-electron chi connectivity index (χ1n) is 4.81. The van der Waals surface area contributed by atoms with Crippen LogP contribution in [-0.2, 0) is 4.79 Å². The van der Waals surface area contributed by atoms with E-state index in [-0.39, 0.29) is 6.42 Å². The van der Waals surface area contributed by atoms with Gasteiger partial charge < -0.3 is 5.11 Å². The highest BCUT2D eigenvalue weighted by Crippen LogP contribution is 2.16. The lowest BCUT2D eigenvalue weighted by Gasteiger charge is -1.95. The molecule has 5 nitrogen and oxygen atoms in total. The largest absolute Gasteiger partial charge is 0.481 e. The average molecular weight is 196 g/mol. The minimum atomic E-state index is -0.712. The smallest absolute Gasteiger partial charge is 0.303 e. The Balaban J connectivity index is 1.87. The molecular formula is C9H14N3O2+. The third kappa shape index (κ3) is 4.59. The van der Waals surface area contributed by atoms with E-state index in [9.17, 15) is 4.79 Å². The van der Waals surface area contributed by atoms with Crippen LogP contribution in [0.25, 0.3) is 0 Å². The molecule has 0 bridgehead atoms. The summed E-state index contributed by atoms with van der Waals surface area (Å²) in [5, 5.41) is 19.3. The molecule has 0 aromatic rings. The van der Waals surface area contributed by atoms with Crippen molar-refractivity contribution in [1.82, 2.24) is 0 Å². The van der Waals surface area contributed by atoms with Crippen LogP contribution in [0.15, 0.2) is 15.4 Å². The number of carboxylic acid groups (broad SMARTS) is 1. The van der Waals surface area contributed by atoms with Crippen LogP contribution in [0.2, 0.25) is 0 Å². The van der Waals surface area contributed by atoms with Crippen LogP contribution < -0.4 is 0 Å². The van der Waals surface area contributed by atoms with Gasteiger partial charge in [0.05, 0.1) is 5.11 Å². The standard InChI is InChI=1S/C9H13N3O2/c13-9(14)6-4-2-1-3-5-8-7-10-12-11-8/h7H,1-6H2/p+1. The van der Waals surface area contributed by atoms with Gasteiger partial charge in [-0.15, -0.1) is 0 Å². The van der Waals surface area contributed by atoms with E-state index in [0.717, 1.165) is 38.1 Å². The summed E-state index contributed by atoms with van der Waals surface area (Å²) in [6.45, 7) is 0. The Morgan fingerprint density at radius 1 is 1.29 bits per heavy atom. The molecule has 0 atom stereocenters. The fraction of sp³-hybridized carbons (Fsp3) is 0.667. The first kappa shape index (κ1) is 10.7. The molecule has 14 heavy (non-hydrogen) atoms. The van der Waals surface area contributed by atoms with E-state index in [1.807, 2.05) is 0 Å². The van der Waals surface area contributed by atoms with Gasteiger partial charge in [0.25, 0.3) is 6.04 Å². The van der Waals surface area contributed by atoms with Crippen molar-refractivity contribution in [1.29, 1.82) is 0 Å². The van der Waals surface area contributed by atoms with Crippen molar-refractivity contribution in [3.63, 3.8) is 0 Å². The van der Waals surface area contributed by atoms with E-state index in [2.05, 4.69) is 15.4 Å². The molecule has 5 heteroatoms. The fourth-order valence-corrected chi connectivity index (χ4v) is 1.25. The van der Waals surface area contributed by atoms with Gasteiger partial charge in [0.15, 0.2) is 0 Å². The molecule has 0 saturated carbocycles. The second-order valence-electron chi connectivity index (χ2n) is 3.23. The third-order valence-electron chi connectivity index (χ3n) is 2.01. The summed E-state index contributed by atoms with van der Waals surface area (Å²) in [4.78, 5) is 10.2. The number of hydrogen-bond donors (Lipinski definition) is 1. The maximum Gasteiger partial charge on any atom is 0.303 e. The zero-order valence-corrected chi connectivity index (χ0v) is 8.02. The van der Waals surface area contributed by atoms with E-state index in [4.69, 9.17) is 5.11 Å². The van der Waals surface area contributed by atoms with Crippen molar-refractivity contribution in [2.75, 3.05) is 0 Å². The number of unbranched alkanes of at least 4 members (excludes halogenated alkanes) is 3. The SMILES string of the molecule is O=C(O)CCCCCC[C+]1C=NN=N1. The highest BCUT2D eigenvalue weighted by Gasteiger charge is 2.21. The van der Waals surface area contributed by atoms with Crippen LogP contribution in [0, 0.1) is 6.04 Å². The number of aliphatic carboxylic acids is 1. The van der Waals surface area contributed by atoms with Gasteiger partial charge in [-0.3, -0.25) is 4.79 Å². The van der Waals surface area contributed by atoms with Crippen molar-refractivity contribution in [2.24, 2.45) is 15.4 Å². The van der Waals surface area contributed by atoms with Crippen molar-refractivity contribution >= 4 is 12.2 Å². The molecule has 0 fully saturated rings. The van der Waals surface area contributed by atoms with E-state index in [0.29, 0.717) is 0 Å². The summed E-state index contributed by atoms with van der Waals surface area (Å²) in [5.74, 6) is -0.712. The van der Waals surface area contributed by atoms with Gasteiger partial charge in [0.1, 0.15) is 6.42 Å². The average Bonchev–Trinajstić information content (AvgIpc) is 2.63. The molecule has 76 valence electrons. The van der Waals surface area contributed by atoms with E-state index >= 15 is 0 Å². The second kappa shape index (κ2) is 6.12. The van der Waals surface area contributed by atoms with Gasteiger partial charge in [0, 0.05) is 11.6 Å². The molecular weight excluding hydrogens is 182 g/mol. The lowest BCUT2D eigenvalue weighted by Crippen LogP contribution is -1.94. The number of rotatable bonds is 7. The van der Waals surface area contributed by atoms with Gasteiger partial charge in [-0.05, 0) is 19.3 Å². The zero-order valence-electron chi connectivity index (χ0n) is 8.02. The Kier molecular flexibility index (Phi) is 4.68. The molecule has 0 amide bonds. The van der Waals surface area contributed by atoms with Gasteiger partial charge in [-0.2, -0.15) is 0 Å². The Hall–Kier alpha value is -1.39. The Morgan fingerprint density at radius 2 is 2.07 bits per heavy atom. The van der Waals surface area contributed by atoms with Gasteiger partial charge in [0.2, 0.25) is 6.21 Å². The maximum atomic E-state index is 10.2. The molecule has 1 heterocycles. The summed E-state index contributed by atoms with van der Waals surface area (Å²) in [6.07, 6.45) is 6.63. The summed E-state index contributed by atoms with van der Waals surface area (Å²) >= 11 is 0. The van der Waals surface area contributed by atoms with E-state index < -0.39 is 5.97 Å². The molecule has 0 aromatic carbocycles. The van der Waals surface area contributed by atoms with Crippen molar-refractivity contribution in [3.8, 4) is 0 Å². The van der Waals surface area contributed by atoms with Gasteiger partial charge in [-0.25, -0.2) is 0 Å². The van der Waals surface area contributed by atoms with Crippen molar-refractivity contribution in [3.05, 3.63) is 6.04 Å². The van der Waals surface area contributed by atoms with E-state index in [1.54, 1.807) is 6.21 Å². The lowest BCUT2D eigenvalue weighted by molar-refractivity contribution is -0.137. The monoisotopic (exact) mass is 196 g/mol. The Bertz CT molecular complexity index is 226. The van der Waals surface area contributed by atoms with Crippen molar-refractivity contribution < 1.29 is 9.90 Å². The van der Waals surface area contributed by atoms with Crippen LogP contribution in [0.5, 0.6) is 0 Å². The zero-order chi connectivity index (χ0) is 10.2. The minimum Gasteiger partial charge on any atom is -0.481 e. The minimum absolute atomic E-state index is 0.276. The number of carbonyl (C=O) groups is 1. The summed E-state index contributed by atoms with van der Waals surface area (Å²) in [5.41, 5.74) is 0. The molecule has 1 aliphatic rings. The number of carboxylic acids is 1. The van der Waals surface area contributed by atoms with Crippen LogP contribution in [0.1, 0.15) is 38.5 Å². The van der Waals surface area contributed by atoms with Crippen LogP contribution >= 0.6 is 0 Å². The molecule has 1 N–H and O–H groups in total. The second-order valence-corrected chi connectivity index (χ2v) is 3.23. The predicted octanol–water partition coefficient (Wildman–Crippen LogP) is 2.40. The summed E-state index contributed by atoms with van der Waals surface area (Å²) in [6, 6.07) is 0.920. The molecule has 1 aliphatic heterocycles. The van der Waals surface area contributed by atoms with Crippen LogP contribution in [0.4, 0.5) is 0 Å². The normalized spacial score (nSPS) is 13.9. The topological polar surface area (TPSA) is 74.4 Å². The molecule has 0 unspecified atom stereocenters. The molecule has 0 aromatic heterocycles. The third-order valence-corrected chi connectivity index (χ3v) is 2.01. The van der Waals surface area contributed by atoms with Crippen LogP contribution in [0.3, 0.4) is 0 Å². The number of nitrogens with zero attached hydrogens (tertiary/aromatic N) is 3. The quantitative estimate of drug-likeness (QED) is 0.501. The van der Waals surface area contributed by atoms with Crippen LogP contribution in [-0.4, -0.2) is 17.3 Å². The van der Waals surface area contributed by atoms with E-state index in [1.165, 1.54) is 0 Å². The predicted molar refractivity (Wildman–Crippen MR) is 51.9 cm³/mol. The molecule has 1 rings (SSSR count). The highest BCUT2D eigenvalue weighted by molar-refractivity contribution is 5.74. The van der Waals surface area contributed by atoms with Gasteiger partial charge in [-0.1, -0.05) is 11.5 Å². The lowest BCUT2D eigenvalue weighted by atomic mass is 10.1. The first-order valence-corrected chi connectivity index (χ1v) is 4.81. The van der Waals surface area contributed by atoms with Crippen molar-refractivity contribution in [2.45, 2.75) is 38.5 Å². The molecule has 0 spiro atoms. The highest BCUT2D eigenvalue weighted by atomic mass is 16.4. The Morgan fingerprint density at radius 3 is 2.71 bits per heavy atom. The number of hydrogen-bond acceptors (Lipinski definition) is 4. The Labute approximate surface area is 82.9 Å². The maximum absolute atomic E-state index is 10.2. The summed E-state index contributed by atoms with van der Waals surface area (Å²) in [7, 11) is 0. The van der Waals surface area contributed by atoms with Gasteiger partial charge >= 0.3 is 5.97 Å². The molecule has 0 radical (unpaired) electrons. The summed E-state index contributed by atoms with van der Waals surface area (Å²) < 4.78 is 0. The molecule has 0 saturated heterocycles.